The van der Waals surface area contributed by atoms with Crippen molar-refractivity contribution in [2.24, 2.45) is 11.8 Å². The van der Waals surface area contributed by atoms with Gasteiger partial charge in [-0.15, -0.1) is 0 Å². The lowest BCUT2D eigenvalue weighted by molar-refractivity contribution is 0.420. The summed E-state index contributed by atoms with van der Waals surface area (Å²) in [7, 11) is 0. The lowest BCUT2D eigenvalue weighted by atomic mass is 9.70. The Morgan fingerprint density at radius 3 is 1.49 bits per heavy atom. The van der Waals surface area contributed by atoms with Crippen LogP contribution in [-0.2, 0) is 10.8 Å². The summed E-state index contributed by atoms with van der Waals surface area (Å²) in [5, 5.41) is 0. The number of benzene rings is 11. The van der Waals surface area contributed by atoms with E-state index in [-0.39, 0.29) is 5.41 Å². The van der Waals surface area contributed by atoms with Crippen molar-refractivity contribution in [2.75, 3.05) is 9.80 Å². The van der Waals surface area contributed by atoms with Gasteiger partial charge in [0.2, 0.25) is 0 Å². The van der Waals surface area contributed by atoms with Crippen molar-refractivity contribution in [3.8, 4) is 55.6 Å². The van der Waals surface area contributed by atoms with Crippen LogP contribution in [0.1, 0.15) is 84.4 Å². The summed E-state index contributed by atoms with van der Waals surface area (Å²) in [6.07, 6.45) is 5.51. The SMILES string of the molecule is CC1(C)c2ccccc2-c2cc(N(c3ccccc3)c3c(-c4ccc(C5CC6CCC5C6)cc4)ccc4c3-c3ccccc3C43c4ccccc4-c4cc(-c5ccccc5)c(N(c5ccccc5)c5ccccc5)cc43)ccc21. The topological polar surface area (TPSA) is 6.48 Å². The van der Waals surface area contributed by atoms with Gasteiger partial charge in [-0.2, -0.15) is 0 Å². The number of anilines is 6. The minimum absolute atomic E-state index is 0.119. The molecule has 2 heteroatoms. The molecule has 16 rings (SSSR count). The smallest absolute Gasteiger partial charge is 0.0727 e. The Morgan fingerprint density at radius 1 is 0.342 bits per heavy atom. The largest absolute Gasteiger partial charge is 0.310 e. The first kappa shape index (κ1) is 46.1. The molecule has 0 radical (unpaired) electrons. The Kier molecular flexibility index (Phi) is 10.4. The predicted octanol–water partition coefficient (Wildman–Crippen LogP) is 20.5. The van der Waals surface area contributed by atoms with E-state index >= 15 is 0 Å². The molecule has 11 aromatic carbocycles. The van der Waals surface area contributed by atoms with Gasteiger partial charge >= 0.3 is 0 Å². The van der Waals surface area contributed by atoms with Gasteiger partial charge in [-0.3, -0.25) is 0 Å². The second-order valence-electron chi connectivity index (χ2n) is 23.5. The molecule has 2 nitrogen and oxygen atoms in total. The summed E-state index contributed by atoms with van der Waals surface area (Å²) < 4.78 is 0. The van der Waals surface area contributed by atoms with Crippen LogP contribution in [0.3, 0.4) is 0 Å². The fourth-order valence-electron chi connectivity index (χ4n) is 15.7. The summed E-state index contributed by atoms with van der Waals surface area (Å²) in [5.74, 6) is 2.37. The van der Waals surface area contributed by atoms with Crippen LogP contribution in [0, 0.1) is 11.8 Å². The van der Waals surface area contributed by atoms with E-state index < -0.39 is 5.41 Å². The van der Waals surface area contributed by atoms with Gasteiger partial charge in [0, 0.05) is 44.9 Å². The number of nitrogens with zero attached hydrogens (tertiary/aromatic N) is 2. The molecule has 0 heterocycles. The van der Waals surface area contributed by atoms with E-state index in [0.717, 1.165) is 40.3 Å². The molecule has 4 atom stereocenters. The molecular weight excluding hydrogens is 953 g/mol. The van der Waals surface area contributed by atoms with Crippen LogP contribution < -0.4 is 9.80 Å². The van der Waals surface area contributed by atoms with E-state index in [1.807, 2.05) is 0 Å². The first-order chi connectivity index (χ1) is 38.9. The predicted molar refractivity (Wildman–Crippen MR) is 329 cm³/mol. The number of hydrogen-bond donors (Lipinski definition) is 0. The molecule has 4 unspecified atom stereocenters. The van der Waals surface area contributed by atoms with Crippen LogP contribution in [0.2, 0.25) is 0 Å². The molecule has 11 aromatic rings. The van der Waals surface area contributed by atoms with Crippen molar-refractivity contribution < 1.29 is 0 Å². The minimum Gasteiger partial charge on any atom is -0.310 e. The van der Waals surface area contributed by atoms with E-state index in [2.05, 4.69) is 285 Å². The molecule has 0 saturated heterocycles. The molecule has 2 fully saturated rings. The molecule has 378 valence electrons. The van der Waals surface area contributed by atoms with Gasteiger partial charge in [-0.25, -0.2) is 0 Å². The molecule has 5 aliphatic rings. The van der Waals surface area contributed by atoms with Crippen LogP contribution >= 0.6 is 0 Å². The third-order valence-electron chi connectivity index (χ3n) is 19.1. The molecular formula is C77H60N2. The number of hydrogen-bond acceptors (Lipinski definition) is 2. The van der Waals surface area contributed by atoms with Crippen LogP contribution in [0.25, 0.3) is 55.6 Å². The summed E-state index contributed by atoms with van der Waals surface area (Å²) >= 11 is 0. The first-order valence-electron chi connectivity index (χ1n) is 28.7. The van der Waals surface area contributed by atoms with E-state index in [0.29, 0.717) is 5.92 Å². The number of fused-ring (bicyclic) bond motifs is 15. The summed E-state index contributed by atoms with van der Waals surface area (Å²) in [6, 6.07) is 99.0. The highest BCUT2D eigenvalue weighted by molar-refractivity contribution is 6.07. The highest BCUT2D eigenvalue weighted by Crippen LogP contribution is 2.67. The molecule has 5 aliphatic carbocycles. The van der Waals surface area contributed by atoms with E-state index in [1.165, 1.54) is 126 Å². The van der Waals surface area contributed by atoms with E-state index in [1.54, 1.807) is 0 Å². The third-order valence-corrected chi connectivity index (χ3v) is 19.1. The Bertz CT molecular complexity index is 4140. The van der Waals surface area contributed by atoms with Crippen molar-refractivity contribution >= 4 is 34.1 Å². The fraction of sp³-hybridized carbons (Fsp3) is 0.143. The van der Waals surface area contributed by atoms with Crippen LogP contribution in [0.15, 0.2) is 261 Å². The maximum Gasteiger partial charge on any atom is 0.0727 e. The van der Waals surface area contributed by atoms with Gasteiger partial charge < -0.3 is 9.80 Å². The fourth-order valence-corrected chi connectivity index (χ4v) is 15.7. The average Bonchev–Trinajstić information content (AvgIpc) is 3.93. The molecule has 0 aliphatic heterocycles. The molecule has 0 amide bonds. The van der Waals surface area contributed by atoms with Crippen molar-refractivity contribution in [1.29, 1.82) is 0 Å². The van der Waals surface area contributed by atoms with Crippen LogP contribution in [0.5, 0.6) is 0 Å². The Balaban J connectivity index is 1.00. The highest BCUT2D eigenvalue weighted by atomic mass is 15.2. The normalized spacial score (nSPS) is 19.1. The van der Waals surface area contributed by atoms with Gasteiger partial charge in [0.05, 0.1) is 16.8 Å². The van der Waals surface area contributed by atoms with Gasteiger partial charge in [0.1, 0.15) is 0 Å². The monoisotopic (exact) mass is 1010 g/mol. The van der Waals surface area contributed by atoms with Gasteiger partial charge in [-0.05, 0) is 176 Å². The molecule has 1 spiro atoms. The maximum atomic E-state index is 2.61. The third kappa shape index (κ3) is 6.83. The standard InChI is InChI=1S/C77H60N2/c1-76(2)67-32-18-15-29-60(67)65-47-58(41-43-68(65)76)79(57-27-13-6-14-28-57)75-59(52-37-39-53(40-38-52)63-46-50-35-36-54(63)45-50)42-44-71-74(75)62-31-17-20-34-70(62)77(71)69-33-19-16-30-61(69)66-48-64(51-21-7-3-8-22-51)73(49-72(66)77)78(55-23-9-4-10-24-55)56-25-11-5-12-26-56/h3-34,37-44,47-50,54,63H,35-36,45-46H2,1-2H3. The molecule has 79 heavy (non-hydrogen) atoms. The van der Waals surface area contributed by atoms with Crippen LogP contribution in [-0.4, -0.2) is 0 Å². The lowest BCUT2D eigenvalue weighted by Crippen LogP contribution is -2.26. The van der Waals surface area contributed by atoms with Crippen LogP contribution in [0.4, 0.5) is 34.1 Å². The number of para-hydroxylation sites is 3. The quantitative estimate of drug-likeness (QED) is 0.142. The summed E-state index contributed by atoms with van der Waals surface area (Å²) in [5.41, 5.74) is 28.1. The molecule has 0 N–H and O–H groups in total. The average molecular weight is 1010 g/mol. The van der Waals surface area contributed by atoms with Crippen molar-refractivity contribution in [2.45, 2.75) is 56.3 Å². The molecule has 2 bridgehead atoms. The zero-order valence-electron chi connectivity index (χ0n) is 44.8. The van der Waals surface area contributed by atoms with E-state index in [4.69, 9.17) is 0 Å². The van der Waals surface area contributed by atoms with Crippen molar-refractivity contribution in [1.82, 2.24) is 0 Å². The molecule has 0 aromatic heterocycles. The second-order valence-corrected chi connectivity index (χ2v) is 23.5. The zero-order chi connectivity index (χ0) is 52.4. The van der Waals surface area contributed by atoms with Gasteiger partial charge in [-0.1, -0.05) is 220 Å². The summed E-state index contributed by atoms with van der Waals surface area (Å²) in [6.45, 7) is 4.77. The first-order valence-corrected chi connectivity index (χ1v) is 28.7. The lowest BCUT2D eigenvalue weighted by Gasteiger charge is -2.34. The van der Waals surface area contributed by atoms with Crippen molar-refractivity contribution in [3.05, 3.63) is 300 Å². The highest BCUT2D eigenvalue weighted by Gasteiger charge is 2.54. The second kappa shape index (κ2) is 17.8. The van der Waals surface area contributed by atoms with Gasteiger partial charge in [0.25, 0.3) is 0 Å². The zero-order valence-corrected chi connectivity index (χ0v) is 44.8. The van der Waals surface area contributed by atoms with E-state index in [9.17, 15) is 0 Å². The maximum absolute atomic E-state index is 2.61. The molecule has 2 saturated carbocycles. The Morgan fingerprint density at radius 2 is 0.861 bits per heavy atom. The Labute approximate surface area is 465 Å². The van der Waals surface area contributed by atoms with Crippen molar-refractivity contribution in [3.63, 3.8) is 0 Å². The Hall–Kier alpha value is -8.98. The summed E-state index contributed by atoms with van der Waals surface area (Å²) in [4.78, 5) is 5.08. The van der Waals surface area contributed by atoms with Gasteiger partial charge in [0.15, 0.2) is 0 Å². The minimum atomic E-state index is -0.664. The number of rotatable bonds is 9.